The predicted octanol–water partition coefficient (Wildman–Crippen LogP) is 5.96. The fourth-order valence-electron chi connectivity index (χ4n) is 6.77. The molecule has 0 bridgehead atoms. The second-order valence-electron chi connectivity index (χ2n) is 15.3. The van der Waals surface area contributed by atoms with Crippen LogP contribution in [-0.2, 0) is 64.3 Å². The molecule has 0 aliphatic rings. The maximum absolute atomic E-state index is 13.6. The highest BCUT2D eigenvalue weighted by Gasteiger charge is 2.29. The van der Waals surface area contributed by atoms with Gasteiger partial charge in [-0.25, -0.2) is 18.9 Å². The summed E-state index contributed by atoms with van der Waals surface area (Å²) in [6.07, 6.45) is 4.63. The monoisotopic (exact) mass is 1030 g/mol. The quantitative estimate of drug-likeness (QED) is 0.0187. The number of rotatable bonds is 34. The minimum absolute atomic E-state index is 0.0802. The molecule has 0 aliphatic heterocycles. The molecular weight excluding hydrogens is 963 g/mol. The van der Waals surface area contributed by atoms with Gasteiger partial charge < -0.3 is 42.8 Å². The minimum Gasteiger partial charge on any atom is -0.490 e. The number of carbonyl (C=O) groups excluding carboxylic acids is 3. The van der Waals surface area contributed by atoms with Gasteiger partial charge in [-0.2, -0.15) is 10.2 Å². The Balaban J connectivity index is 1.81. The molecule has 1 amide bonds. The van der Waals surface area contributed by atoms with Gasteiger partial charge in [0.25, 0.3) is 5.91 Å². The van der Waals surface area contributed by atoms with Crippen molar-refractivity contribution >= 4 is 34.1 Å². The minimum atomic E-state index is -3.62. The van der Waals surface area contributed by atoms with Gasteiger partial charge in [0.05, 0.1) is 68.7 Å². The van der Waals surface area contributed by atoms with Gasteiger partial charge in [0.2, 0.25) is 0 Å². The number of carbonyl (C=O) groups is 3. The molecule has 22 nitrogen and oxygen atoms in total. The Bertz CT molecular complexity index is 2410. The van der Waals surface area contributed by atoms with Gasteiger partial charge in [0.15, 0.2) is 11.6 Å². The molecule has 3 aromatic heterocycles. The third kappa shape index (κ3) is 19.9. The summed E-state index contributed by atoms with van der Waals surface area (Å²) < 4.78 is 76.9. The zero-order chi connectivity index (χ0) is 51.4. The molecule has 388 valence electrons. The van der Waals surface area contributed by atoms with Crippen molar-refractivity contribution in [2.24, 2.45) is 0 Å². The van der Waals surface area contributed by atoms with Gasteiger partial charge in [0, 0.05) is 70.8 Å². The van der Waals surface area contributed by atoms with Gasteiger partial charge in [-0.1, -0.05) is 18.8 Å². The van der Waals surface area contributed by atoms with Gasteiger partial charge in [-0.15, -0.1) is 0 Å². The van der Waals surface area contributed by atoms with Crippen LogP contribution in [0.5, 0.6) is 11.5 Å². The predicted molar refractivity (Wildman–Crippen MR) is 261 cm³/mol. The molecule has 0 spiro atoms. The highest BCUT2D eigenvalue weighted by atomic mass is 31.2. The van der Waals surface area contributed by atoms with Crippen LogP contribution in [0.15, 0.2) is 48.8 Å². The fourth-order valence-corrected chi connectivity index (χ4v) is 8.70. The van der Waals surface area contributed by atoms with Crippen LogP contribution in [0.3, 0.4) is 0 Å². The van der Waals surface area contributed by atoms with Crippen molar-refractivity contribution in [3.63, 3.8) is 0 Å². The summed E-state index contributed by atoms with van der Waals surface area (Å²) >= 11 is 0. The van der Waals surface area contributed by atoms with Gasteiger partial charge in [-0.3, -0.25) is 33.3 Å². The van der Waals surface area contributed by atoms with Crippen molar-refractivity contribution in [3.05, 3.63) is 76.9 Å². The van der Waals surface area contributed by atoms with Crippen LogP contribution in [-0.4, -0.2) is 152 Å². The third-order valence-corrected chi connectivity index (χ3v) is 12.0. The standard InChI is InChI=1S/C47H66N8O14P2/c1-8-20-52(34-67-70-59)31-38-17-21-54(50-38)43-27-36(28-44(49-43)55-22-18-39(51-55)32-53(33-46(57)64-10-3)35-71(60,68-11-4)69-12-5)15-16-37-29-42(66-26-24-62-7)40(30-41(37)65-25-23-61-6)47(58)48-19-13-14-45(56)63-9-2/h17-18,21-22,27-30H,8-14,19-20,23-26,31-35H2,1-7H3,(H,48,58). The van der Waals surface area contributed by atoms with Crippen molar-refractivity contribution in [1.29, 1.82) is 0 Å². The second kappa shape index (κ2) is 31.7. The van der Waals surface area contributed by atoms with E-state index in [1.807, 2.05) is 17.9 Å². The van der Waals surface area contributed by atoms with Crippen LogP contribution < -0.4 is 14.8 Å². The number of ether oxygens (including phenoxy) is 6. The van der Waals surface area contributed by atoms with Gasteiger partial charge in [0.1, 0.15) is 37.7 Å². The van der Waals surface area contributed by atoms with Crippen molar-refractivity contribution in [2.45, 2.75) is 67.0 Å². The van der Waals surface area contributed by atoms with E-state index in [0.29, 0.717) is 53.7 Å². The van der Waals surface area contributed by atoms with E-state index in [9.17, 15) is 23.5 Å². The summed E-state index contributed by atoms with van der Waals surface area (Å²) in [4.78, 5) is 46.7. The highest BCUT2D eigenvalue weighted by molar-refractivity contribution is 7.53. The average molecular weight is 1030 g/mol. The molecule has 0 saturated heterocycles. The molecule has 0 unspecified atom stereocenters. The summed E-state index contributed by atoms with van der Waals surface area (Å²) in [5.41, 5.74) is 2.27. The van der Waals surface area contributed by atoms with Gasteiger partial charge >= 0.3 is 28.2 Å². The first kappa shape index (κ1) is 58.0. The van der Waals surface area contributed by atoms with Crippen LogP contribution in [0.4, 0.5) is 0 Å². The van der Waals surface area contributed by atoms with Gasteiger partial charge in [-0.05, 0) is 70.9 Å². The van der Waals surface area contributed by atoms with E-state index in [0.717, 1.165) is 6.42 Å². The van der Waals surface area contributed by atoms with E-state index >= 15 is 0 Å². The molecule has 0 fully saturated rings. The first-order chi connectivity index (χ1) is 34.4. The first-order valence-corrected chi connectivity index (χ1v) is 25.8. The lowest BCUT2D eigenvalue weighted by Crippen LogP contribution is -2.32. The van der Waals surface area contributed by atoms with E-state index in [4.69, 9.17) is 57.2 Å². The number of methoxy groups -OCH3 is 2. The smallest absolute Gasteiger partial charge is 0.344 e. The summed E-state index contributed by atoms with van der Waals surface area (Å²) in [7, 11) is -0.956. The van der Waals surface area contributed by atoms with Crippen LogP contribution in [0.2, 0.25) is 0 Å². The fraction of sp³-hybridized carbons (Fsp3) is 0.532. The lowest BCUT2D eigenvalue weighted by molar-refractivity contribution is -0.144. The topological polar surface area (TPSA) is 235 Å². The number of nitrogens with one attached hydrogen (secondary N) is 1. The zero-order valence-electron chi connectivity index (χ0n) is 41.6. The number of esters is 2. The maximum atomic E-state index is 13.6. The summed E-state index contributed by atoms with van der Waals surface area (Å²) in [6, 6.07) is 10.2. The Labute approximate surface area is 416 Å². The number of pyridine rings is 1. The number of amides is 1. The summed E-state index contributed by atoms with van der Waals surface area (Å²) in [5, 5.41) is 12.5. The van der Waals surface area contributed by atoms with Crippen LogP contribution >= 0.6 is 16.3 Å². The Kier molecular flexibility index (Phi) is 25.9. The van der Waals surface area contributed by atoms with E-state index in [2.05, 4.69) is 17.2 Å². The number of hydrogen-bond donors (Lipinski definition) is 1. The number of nitrogens with zero attached hydrogens (tertiary/aromatic N) is 7. The van der Waals surface area contributed by atoms with E-state index in [-0.39, 0.29) is 115 Å². The Hall–Kier alpha value is -5.59. The largest absolute Gasteiger partial charge is 0.490 e. The Morgan fingerprint density at radius 2 is 1.37 bits per heavy atom. The molecular formula is C47H66N8O14P2. The van der Waals surface area contributed by atoms with E-state index in [1.54, 1.807) is 91.8 Å². The van der Waals surface area contributed by atoms with Crippen LogP contribution in [0, 0.1) is 11.8 Å². The van der Waals surface area contributed by atoms with Crippen molar-refractivity contribution in [1.82, 2.24) is 39.7 Å². The van der Waals surface area contributed by atoms with Crippen LogP contribution in [0.1, 0.15) is 86.8 Å². The molecule has 4 aromatic rings. The molecule has 0 radical (unpaired) electrons. The Morgan fingerprint density at radius 3 is 1.94 bits per heavy atom. The zero-order valence-corrected chi connectivity index (χ0v) is 43.4. The summed E-state index contributed by atoms with van der Waals surface area (Å²) in [5.74, 6) is 6.39. The first-order valence-electron chi connectivity index (χ1n) is 23.3. The molecule has 24 heteroatoms. The SMILES string of the molecule is CCCN(COP=O)Cc1ccn(-c2cc(C#Cc3cc(OCCOC)c(C(=O)NCCCC(=O)OCC)cc3OCCOC)cc(-n3ccc(CN(CC(=O)OCC)CP(=O)(OCC)OCC)n3)n2)n1. The molecule has 4 rings (SSSR count). The second-order valence-corrected chi connectivity index (χ2v) is 17.7. The lowest BCUT2D eigenvalue weighted by atomic mass is 10.1. The molecule has 1 N–H and O–H groups in total. The molecule has 0 aliphatic carbocycles. The molecule has 0 saturated carbocycles. The highest BCUT2D eigenvalue weighted by Crippen LogP contribution is 2.48. The number of aromatic nitrogens is 5. The summed E-state index contributed by atoms with van der Waals surface area (Å²) in [6.45, 7) is 11.7. The van der Waals surface area contributed by atoms with Crippen molar-refractivity contribution < 1.29 is 65.5 Å². The Morgan fingerprint density at radius 1 is 0.761 bits per heavy atom. The number of benzene rings is 1. The number of hydrogen-bond acceptors (Lipinski definition) is 19. The third-order valence-electron chi connectivity index (χ3n) is 9.75. The normalized spacial score (nSPS) is 11.5. The van der Waals surface area contributed by atoms with Crippen LogP contribution in [0.25, 0.3) is 11.6 Å². The van der Waals surface area contributed by atoms with Crippen molar-refractivity contribution in [3.8, 4) is 35.0 Å². The average Bonchev–Trinajstić information content (AvgIpc) is 4.02. The molecule has 0 atom stereocenters. The maximum Gasteiger partial charge on any atom is 0.344 e. The van der Waals surface area contributed by atoms with Crippen molar-refractivity contribution in [2.75, 3.05) is 99.7 Å². The lowest BCUT2D eigenvalue weighted by Gasteiger charge is -2.25. The molecule has 71 heavy (non-hydrogen) atoms. The molecule has 3 heterocycles. The van der Waals surface area contributed by atoms with E-state index in [1.165, 1.54) is 7.11 Å². The molecule has 1 aromatic carbocycles. The van der Waals surface area contributed by atoms with E-state index < -0.39 is 28.2 Å².